The van der Waals surface area contributed by atoms with E-state index in [0.717, 1.165) is 21.9 Å². The van der Waals surface area contributed by atoms with E-state index in [0.29, 0.717) is 11.6 Å². The molecule has 1 fully saturated rings. The van der Waals surface area contributed by atoms with Crippen molar-refractivity contribution in [2.45, 2.75) is 33.4 Å². The third-order valence-electron chi connectivity index (χ3n) is 6.06. The molecule has 40 heavy (non-hydrogen) atoms. The van der Waals surface area contributed by atoms with Gasteiger partial charge in [0.1, 0.15) is 30.6 Å². The molecule has 0 aliphatic carbocycles. The minimum Gasteiger partial charge on any atom is -0.471 e. The predicted molar refractivity (Wildman–Crippen MR) is 141 cm³/mol. The van der Waals surface area contributed by atoms with Crippen LogP contribution < -0.4 is 15.6 Å². The van der Waals surface area contributed by atoms with Gasteiger partial charge in [0.2, 0.25) is 11.8 Å². The van der Waals surface area contributed by atoms with Crippen molar-refractivity contribution in [3.8, 4) is 11.6 Å². The number of aromatic nitrogens is 2. The molecule has 0 unspecified atom stereocenters. The summed E-state index contributed by atoms with van der Waals surface area (Å²) in [5.41, 5.74) is 0.339. The molecule has 4 rings (SSSR count). The molecule has 0 bridgehead atoms. The van der Waals surface area contributed by atoms with Gasteiger partial charge in [0.25, 0.3) is 17.4 Å². The number of rotatable bonds is 9. The number of hydrogen-bond donors (Lipinski definition) is 1. The molecule has 212 valence electrons. The number of methoxy groups -OCH3 is 1. The Balaban J connectivity index is 0.00000441. The minimum absolute atomic E-state index is 0. The minimum atomic E-state index is -1.02. The SMILES string of the molecule is C.COCCN1C(=O)C[C@H](NC(=O)c2ccc(C)c(-n3cnc(OCc4ccc(F)cc4F)c(Cl)c3=O)c2)C1=O. The molecule has 1 aliphatic rings. The lowest BCUT2D eigenvalue weighted by Crippen LogP contribution is -2.42. The molecule has 1 N–H and O–H groups in total. The van der Waals surface area contributed by atoms with Crippen LogP contribution in [0.1, 0.15) is 35.3 Å². The van der Waals surface area contributed by atoms with Gasteiger partial charge < -0.3 is 14.8 Å². The number of carbonyl (C=O) groups is 3. The lowest BCUT2D eigenvalue weighted by atomic mass is 10.1. The number of carbonyl (C=O) groups excluding carboxylic acids is 3. The number of imide groups is 1. The standard InChI is InChI=1S/C26H23ClF2N4O6.CH4/c1-14-3-4-15(23(35)31-19-11-21(34)32(25(19)36)7-8-38-2)9-20(14)33-13-30-24(22(27)26(33)37)39-12-16-5-6-17(28)10-18(16)29;/h3-6,9-10,13,19H,7-8,11-12H2,1-2H3,(H,31,35);1H4/t19-;/m0./s1. The Morgan fingerprint density at radius 1 is 1.18 bits per heavy atom. The smallest absolute Gasteiger partial charge is 0.280 e. The average molecular weight is 577 g/mol. The van der Waals surface area contributed by atoms with E-state index in [2.05, 4.69) is 10.3 Å². The van der Waals surface area contributed by atoms with E-state index in [9.17, 15) is 28.0 Å². The Morgan fingerprint density at radius 3 is 2.62 bits per heavy atom. The third-order valence-corrected chi connectivity index (χ3v) is 6.39. The summed E-state index contributed by atoms with van der Waals surface area (Å²) in [5, 5.41) is 2.17. The molecular weight excluding hydrogens is 550 g/mol. The Kier molecular flexibility index (Phi) is 9.72. The van der Waals surface area contributed by atoms with Crippen LogP contribution in [-0.2, 0) is 20.9 Å². The number of hydrogen-bond acceptors (Lipinski definition) is 7. The van der Waals surface area contributed by atoms with Gasteiger partial charge in [0, 0.05) is 24.3 Å². The number of halogens is 3. The molecule has 3 aromatic rings. The van der Waals surface area contributed by atoms with E-state index in [4.69, 9.17) is 21.1 Å². The van der Waals surface area contributed by atoms with E-state index < -0.39 is 41.0 Å². The number of nitrogens with one attached hydrogen (secondary N) is 1. The van der Waals surface area contributed by atoms with Crippen LogP contribution in [0.5, 0.6) is 5.88 Å². The van der Waals surface area contributed by atoms with Crippen LogP contribution in [0.25, 0.3) is 5.69 Å². The molecule has 13 heteroatoms. The van der Waals surface area contributed by atoms with Crippen LogP contribution in [-0.4, -0.2) is 58.5 Å². The molecule has 2 heterocycles. The van der Waals surface area contributed by atoms with Crippen LogP contribution in [0.4, 0.5) is 8.78 Å². The van der Waals surface area contributed by atoms with Gasteiger partial charge in [-0.1, -0.05) is 25.1 Å². The van der Waals surface area contributed by atoms with Gasteiger partial charge >= 0.3 is 0 Å². The van der Waals surface area contributed by atoms with Crippen LogP contribution >= 0.6 is 11.6 Å². The topological polar surface area (TPSA) is 120 Å². The highest BCUT2D eigenvalue weighted by Crippen LogP contribution is 2.22. The summed E-state index contributed by atoms with van der Waals surface area (Å²) in [7, 11) is 1.45. The van der Waals surface area contributed by atoms with Crippen molar-refractivity contribution in [3.63, 3.8) is 0 Å². The van der Waals surface area contributed by atoms with Crippen molar-refractivity contribution in [1.29, 1.82) is 0 Å². The first-order valence-corrected chi connectivity index (χ1v) is 12.1. The molecule has 10 nitrogen and oxygen atoms in total. The van der Waals surface area contributed by atoms with Gasteiger partial charge in [-0.15, -0.1) is 0 Å². The zero-order valence-corrected chi connectivity index (χ0v) is 21.6. The molecule has 0 radical (unpaired) electrons. The zero-order chi connectivity index (χ0) is 28.3. The largest absolute Gasteiger partial charge is 0.471 e. The van der Waals surface area contributed by atoms with Crippen molar-refractivity contribution in [2.24, 2.45) is 0 Å². The quantitative estimate of drug-likeness (QED) is 0.389. The van der Waals surface area contributed by atoms with E-state index in [1.165, 1.54) is 25.3 Å². The highest BCUT2D eigenvalue weighted by atomic mass is 35.5. The Bertz CT molecular complexity index is 1510. The van der Waals surface area contributed by atoms with Crippen LogP contribution in [0.15, 0.2) is 47.5 Å². The number of ether oxygens (including phenoxy) is 2. The van der Waals surface area contributed by atoms with Crippen LogP contribution in [0.3, 0.4) is 0 Å². The number of amides is 3. The molecule has 1 saturated heterocycles. The Labute approximate surface area is 233 Å². The molecule has 1 atom stereocenters. The first-order chi connectivity index (χ1) is 18.6. The lowest BCUT2D eigenvalue weighted by Gasteiger charge is -2.16. The summed E-state index contributed by atoms with van der Waals surface area (Å²) in [4.78, 5) is 55.7. The van der Waals surface area contributed by atoms with E-state index >= 15 is 0 Å². The van der Waals surface area contributed by atoms with Gasteiger partial charge in [-0.05, 0) is 36.8 Å². The molecule has 0 saturated carbocycles. The number of benzene rings is 2. The summed E-state index contributed by atoms with van der Waals surface area (Å²) in [5.74, 6) is -3.38. The fraction of sp³-hybridized carbons (Fsp3) is 0.296. The first kappa shape index (κ1) is 30.4. The molecule has 3 amide bonds. The van der Waals surface area contributed by atoms with E-state index in [-0.39, 0.29) is 61.3 Å². The maximum atomic E-state index is 13.9. The number of nitrogens with zero attached hydrogens (tertiary/aromatic N) is 3. The maximum absolute atomic E-state index is 13.9. The highest BCUT2D eigenvalue weighted by molar-refractivity contribution is 6.31. The predicted octanol–water partition coefficient (Wildman–Crippen LogP) is 3.19. The van der Waals surface area contributed by atoms with Gasteiger partial charge in [-0.2, -0.15) is 0 Å². The van der Waals surface area contributed by atoms with Crippen molar-refractivity contribution in [3.05, 3.63) is 86.4 Å². The summed E-state index contributed by atoms with van der Waals surface area (Å²) >= 11 is 6.19. The van der Waals surface area contributed by atoms with Gasteiger partial charge in [-0.25, -0.2) is 13.8 Å². The second-order valence-corrected chi connectivity index (χ2v) is 9.05. The van der Waals surface area contributed by atoms with Crippen molar-refractivity contribution in [1.82, 2.24) is 19.8 Å². The fourth-order valence-electron chi connectivity index (χ4n) is 3.94. The Morgan fingerprint density at radius 2 is 1.93 bits per heavy atom. The monoisotopic (exact) mass is 576 g/mol. The summed E-state index contributed by atoms with van der Waals surface area (Å²) in [6.45, 7) is 1.62. The fourth-order valence-corrected chi connectivity index (χ4v) is 4.13. The summed E-state index contributed by atoms with van der Waals surface area (Å²) in [6, 6.07) is 6.47. The lowest BCUT2D eigenvalue weighted by molar-refractivity contribution is -0.139. The normalized spacial score (nSPS) is 14.7. The Hall–Kier alpha value is -4.16. The summed E-state index contributed by atoms with van der Waals surface area (Å²) < 4.78 is 38.4. The van der Waals surface area contributed by atoms with Crippen molar-refractivity contribution in [2.75, 3.05) is 20.3 Å². The zero-order valence-electron chi connectivity index (χ0n) is 20.9. The molecule has 1 aromatic heterocycles. The first-order valence-electron chi connectivity index (χ1n) is 11.7. The van der Waals surface area contributed by atoms with Crippen molar-refractivity contribution >= 4 is 29.3 Å². The molecule has 2 aromatic carbocycles. The van der Waals surface area contributed by atoms with Gasteiger partial charge in [-0.3, -0.25) is 28.6 Å². The highest BCUT2D eigenvalue weighted by Gasteiger charge is 2.39. The molecule has 1 aliphatic heterocycles. The summed E-state index contributed by atoms with van der Waals surface area (Å²) in [6.07, 6.45) is 0.969. The van der Waals surface area contributed by atoms with E-state index in [1.807, 2.05) is 0 Å². The van der Waals surface area contributed by atoms with Gasteiger partial charge in [0.15, 0.2) is 5.02 Å². The second-order valence-electron chi connectivity index (χ2n) is 8.67. The number of aryl methyl sites for hydroxylation is 1. The van der Waals surface area contributed by atoms with Crippen LogP contribution in [0.2, 0.25) is 5.02 Å². The number of likely N-dealkylation sites (tertiary alicyclic amines) is 1. The molecule has 0 spiro atoms. The van der Waals surface area contributed by atoms with E-state index in [1.54, 1.807) is 13.0 Å². The van der Waals surface area contributed by atoms with Gasteiger partial charge in [0.05, 0.1) is 25.3 Å². The maximum Gasteiger partial charge on any atom is 0.280 e. The molecular formula is C27H27ClF2N4O6. The van der Waals surface area contributed by atoms with Crippen molar-refractivity contribution < 1.29 is 32.6 Å². The average Bonchev–Trinajstić information content (AvgIpc) is 3.16. The second kappa shape index (κ2) is 12.8. The third kappa shape index (κ3) is 6.35. The van der Waals surface area contributed by atoms with Crippen LogP contribution in [0, 0.1) is 18.6 Å².